The van der Waals surface area contributed by atoms with E-state index in [1.807, 2.05) is 24.3 Å². The third-order valence-corrected chi connectivity index (χ3v) is 2.11. The molecule has 1 N–H and O–H groups in total. The summed E-state index contributed by atoms with van der Waals surface area (Å²) in [6.07, 6.45) is 0. The molecule has 1 heterocycles. The molecule has 1 aromatic rings. The maximum absolute atomic E-state index is 11.1. The second kappa shape index (κ2) is 3.23. The van der Waals surface area contributed by atoms with Crippen LogP contribution < -0.4 is 0 Å². The van der Waals surface area contributed by atoms with Gasteiger partial charge in [-0.05, 0) is 5.56 Å². The van der Waals surface area contributed by atoms with Crippen molar-refractivity contribution in [3.05, 3.63) is 35.4 Å². The van der Waals surface area contributed by atoms with Gasteiger partial charge in [-0.1, -0.05) is 24.3 Å². The van der Waals surface area contributed by atoms with Crippen LogP contribution in [0.25, 0.3) is 0 Å². The van der Waals surface area contributed by atoms with Crippen molar-refractivity contribution in [2.24, 2.45) is 0 Å². The zero-order valence-corrected chi connectivity index (χ0v) is 7.78. The summed E-state index contributed by atoms with van der Waals surface area (Å²) >= 11 is 0. The van der Waals surface area contributed by atoms with Gasteiger partial charge in [-0.3, -0.25) is 15.0 Å². The van der Waals surface area contributed by atoms with Crippen molar-refractivity contribution < 1.29 is 9.63 Å². The van der Waals surface area contributed by atoms with Crippen molar-refractivity contribution in [1.29, 1.82) is 5.41 Å². The Balaban J connectivity index is 2.41. The summed E-state index contributed by atoms with van der Waals surface area (Å²) in [5, 5.41) is 8.75. The summed E-state index contributed by atoms with van der Waals surface area (Å²) in [5.41, 5.74) is 1.70. The van der Waals surface area contributed by atoms with E-state index >= 15 is 0 Å². The minimum absolute atomic E-state index is 0.111. The second-order valence-corrected chi connectivity index (χ2v) is 3.09. The molecule has 4 nitrogen and oxygen atoms in total. The molecule has 2 rings (SSSR count). The van der Waals surface area contributed by atoms with Crippen LogP contribution in [0.1, 0.15) is 18.1 Å². The summed E-state index contributed by atoms with van der Waals surface area (Å²) in [4.78, 5) is 16.2. The minimum Gasteiger partial charge on any atom is -0.282 e. The van der Waals surface area contributed by atoms with Crippen LogP contribution in [-0.2, 0) is 16.2 Å². The Morgan fingerprint density at radius 2 is 2.21 bits per heavy atom. The van der Waals surface area contributed by atoms with Crippen molar-refractivity contribution in [2.75, 3.05) is 0 Å². The van der Waals surface area contributed by atoms with Crippen molar-refractivity contribution >= 4 is 11.7 Å². The van der Waals surface area contributed by atoms with Crippen LogP contribution >= 0.6 is 0 Å². The molecule has 14 heavy (non-hydrogen) atoms. The summed E-state index contributed by atoms with van der Waals surface area (Å²) in [6.45, 7) is 1.72. The highest BCUT2D eigenvalue weighted by molar-refractivity contribution is 6.05. The lowest BCUT2D eigenvalue weighted by Crippen LogP contribution is -2.38. The number of rotatable bonds is 0. The lowest BCUT2D eigenvalue weighted by Gasteiger charge is -2.27. The molecule has 1 aliphatic rings. The number of hydrogen-bond donors (Lipinski definition) is 1. The van der Waals surface area contributed by atoms with Crippen LogP contribution in [0.4, 0.5) is 0 Å². The van der Waals surface area contributed by atoms with Crippen LogP contribution in [0.15, 0.2) is 24.3 Å². The highest BCUT2D eigenvalue weighted by Crippen LogP contribution is 2.19. The molecule has 0 radical (unpaired) electrons. The van der Waals surface area contributed by atoms with Gasteiger partial charge in [0.2, 0.25) is 5.91 Å². The van der Waals surface area contributed by atoms with Crippen LogP contribution in [0, 0.1) is 5.41 Å². The topological polar surface area (TPSA) is 53.4 Å². The summed E-state index contributed by atoms with van der Waals surface area (Å²) in [7, 11) is 0. The van der Waals surface area contributed by atoms with Crippen LogP contribution in [0.5, 0.6) is 0 Å². The predicted octanol–water partition coefficient (Wildman–Crippen LogP) is 1.31. The van der Waals surface area contributed by atoms with Crippen LogP contribution in [0.3, 0.4) is 0 Å². The summed E-state index contributed by atoms with van der Waals surface area (Å²) < 4.78 is 0. The van der Waals surface area contributed by atoms with E-state index in [4.69, 9.17) is 10.2 Å². The number of nitrogens with one attached hydrogen (secondary N) is 1. The standard InChI is InChI=1S/C10H10N2O2/c1-7(13)12-10(11)9-5-3-2-4-8(9)6-14-12/h2-5,11H,6H2,1H3. The molecule has 0 unspecified atom stereocenters. The highest BCUT2D eigenvalue weighted by atomic mass is 16.7. The molecule has 0 saturated heterocycles. The number of hydroxylamine groups is 2. The number of benzene rings is 1. The number of fused-ring (bicyclic) bond motifs is 1. The number of hydrogen-bond acceptors (Lipinski definition) is 3. The molecule has 0 saturated carbocycles. The molecule has 4 heteroatoms. The maximum atomic E-state index is 11.1. The first kappa shape index (κ1) is 8.90. The Kier molecular flexibility index (Phi) is 2.05. The number of nitrogens with zero attached hydrogens (tertiary/aromatic N) is 1. The molecule has 1 amide bonds. The number of amides is 1. The number of carbonyl (C=O) groups excluding carboxylic acids is 1. The Bertz CT molecular complexity index is 401. The normalized spacial score (nSPS) is 15.2. The van der Waals surface area contributed by atoms with E-state index in [-0.39, 0.29) is 11.7 Å². The quantitative estimate of drug-likeness (QED) is 0.670. The molecule has 0 atom stereocenters. The lowest BCUT2D eigenvalue weighted by atomic mass is 10.1. The van der Waals surface area contributed by atoms with E-state index in [0.29, 0.717) is 6.61 Å². The Morgan fingerprint density at radius 1 is 1.50 bits per heavy atom. The monoisotopic (exact) mass is 190 g/mol. The van der Waals surface area contributed by atoms with E-state index < -0.39 is 0 Å². The highest BCUT2D eigenvalue weighted by Gasteiger charge is 2.24. The van der Waals surface area contributed by atoms with Crippen molar-refractivity contribution in [1.82, 2.24) is 5.06 Å². The molecule has 1 aliphatic heterocycles. The van der Waals surface area contributed by atoms with E-state index in [0.717, 1.165) is 16.2 Å². The first-order valence-electron chi connectivity index (χ1n) is 4.30. The van der Waals surface area contributed by atoms with Gasteiger partial charge in [0.25, 0.3) is 0 Å². The third-order valence-electron chi connectivity index (χ3n) is 2.11. The van der Waals surface area contributed by atoms with Gasteiger partial charge in [-0.25, -0.2) is 0 Å². The van der Waals surface area contributed by atoms with Gasteiger partial charge in [0, 0.05) is 12.5 Å². The fraction of sp³-hybridized carbons (Fsp3) is 0.200. The zero-order chi connectivity index (χ0) is 10.1. The summed E-state index contributed by atoms with van der Waals surface area (Å²) in [6, 6.07) is 7.44. The first-order chi connectivity index (χ1) is 6.70. The van der Waals surface area contributed by atoms with Crippen molar-refractivity contribution in [2.45, 2.75) is 13.5 Å². The van der Waals surface area contributed by atoms with Gasteiger partial charge >= 0.3 is 0 Å². The van der Waals surface area contributed by atoms with Crippen LogP contribution in [-0.4, -0.2) is 16.8 Å². The first-order valence-corrected chi connectivity index (χ1v) is 4.30. The van der Waals surface area contributed by atoms with Crippen molar-refractivity contribution in [3.8, 4) is 0 Å². The molecule has 0 aliphatic carbocycles. The number of amidine groups is 1. The second-order valence-electron chi connectivity index (χ2n) is 3.09. The van der Waals surface area contributed by atoms with Gasteiger partial charge in [0.05, 0.1) is 0 Å². The molecule has 0 fully saturated rings. The molecular formula is C10H10N2O2. The Hall–Kier alpha value is -1.68. The van der Waals surface area contributed by atoms with Gasteiger partial charge in [-0.15, -0.1) is 0 Å². The molecular weight excluding hydrogens is 180 g/mol. The molecule has 1 aromatic carbocycles. The smallest absolute Gasteiger partial charge is 0.249 e. The maximum Gasteiger partial charge on any atom is 0.249 e. The van der Waals surface area contributed by atoms with Gasteiger partial charge in [0.1, 0.15) is 6.61 Å². The summed E-state index contributed by atoms with van der Waals surface area (Å²) in [5.74, 6) is -0.163. The van der Waals surface area contributed by atoms with Gasteiger partial charge < -0.3 is 0 Å². The van der Waals surface area contributed by atoms with Gasteiger partial charge in [-0.2, -0.15) is 5.06 Å². The molecule has 0 aromatic heterocycles. The lowest BCUT2D eigenvalue weighted by molar-refractivity contribution is -0.166. The Morgan fingerprint density at radius 3 is 2.93 bits per heavy atom. The van der Waals surface area contributed by atoms with E-state index in [9.17, 15) is 4.79 Å². The van der Waals surface area contributed by atoms with E-state index in [2.05, 4.69) is 0 Å². The minimum atomic E-state index is -0.274. The van der Waals surface area contributed by atoms with E-state index in [1.54, 1.807) is 0 Å². The zero-order valence-electron chi connectivity index (χ0n) is 7.78. The largest absolute Gasteiger partial charge is 0.282 e. The average Bonchev–Trinajstić information content (AvgIpc) is 2.18. The fourth-order valence-corrected chi connectivity index (χ4v) is 1.43. The molecule has 0 spiro atoms. The van der Waals surface area contributed by atoms with Crippen LogP contribution in [0.2, 0.25) is 0 Å². The van der Waals surface area contributed by atoms with Crippen molar-refractivity contribution in [3.63, 3.8) is 0 Å². The number of carbonyl (C=O) groups is 1. The van der Waals surface area contributed by atoms with Gasteiger partial charge in [0.15, 0.2) is 5.84 Å². The molecule has 72 valence electrons. The fourth-order valence-electron chi connectivity index (χ4n) is 1.43. The Labute approximate surface area is 81.6 Å². The van der Waals surface area contributed by atoms with E-state index in [1.165, 1.54) is 6.92 Å². The molecule has 0 bridgehead atoms. The SMILES string of the molecule is CC(=O)N1OCc2ccccc2C1=N. The predicted molar refractivity (Wildman–Crippen MR) is 50.6 cm³/mol. The average molecular weight is 190 g/mol. The third kappa shape index (κ3) is 1.29.